The van der Waals surface area contributed by atoms with E-state index in [0.717, 1.165) is 36.6 Å². The van der Waals surface area contributed by atoms with Crippen LogP contribution < -0.4 is 5.73 Å². The summed E-state index contributed by atoms with van der Waals surface area (Å²) in [6.07, 6.45) is 3.75. The number of amides is 3. The maximum atomic E-state index is 12.9. The van der Waals surface area contributed by atoms with Gasteiger partial charge in [0.2, 0.25) is 5.91 Å². The molecule has 0 bridgehead atoms. The molecule has 2 N–H and O–H groups in total. The minimum atomic E-state index is -0.520. The Labute approximate surface area is 158 Å². The molecule has 2 aliphatic rings. The van der Waals surface area contributed by atoms with Crippen molar-refractivity contribution in [2.24, 2.45) is 5.73 Å². The van der Waals surface area contributed by atoms with E-state index in [1.807, 2.05) is 18.2 Å². The molecule has 3 heterocycles. The van der Waals surface area contributed by atoms with Crippen LogP contribution >= 0.6 is 0 Å². The first-order valence-electron chi connectivity index (χ1n) is 9.48. The van der Waals surface area contributed by atoms with Gasteiger partial charge in [0.25, 0.3) is 0 Å². The number of hydrogen-bond acceptors (Lipinski definition) is 4. The van der Waals surface area contributed by atoms with Crippen molar-refractivity contribution >= 4 is 11.9 Å². The van der Waals surface area contributed by atoms with Crippen molar-refractivity contribution in [2.75, 3.05) is 13.1 Å². The Kier molecular flexibility index (Phi) is 4.83. The van der Waals surface area contributed by atoms with Crippen molar-refractivity contribution in [1.29, 1.82) is 0 Å². The van der Waals surface area contributed by atoms with Gasteiger partial charge in [-0.05, 0) is 24.8 Å². The van der Waals surface area contributed by atoms with Gasteiger partial charge in [0.05, 0.1) is 6.54 Å². The van der Waals surface area contributed by atoms with E-state index in [2.05, 4.69) is 17.1 Å². The Morgan fingerprint density at radius 3 is 2.78 bits per heavy atom. The van der Waals surface area contributed by atoms with Gasteiger partial charge in [0.15, 0.2) is 5.89 Å². The molecule has 27 heavy (non-hydrogen) atoms. The van der Waals surface area contributed by atoms with Gasteiger partial charge >= 0.3 is 6.03 Å². The number of hydrogen-bond donors (Lipinski definition) is 1. The summed E-state index contributed by atoms with van der Waals surface area (Å²) in [5.74, 6) is 1.56. The zero-order chi connectivity index (χ0) is 18.8. The zero-order valence-corrected chi connectivity index (χ0v) is 15.3. The highest BCUT2D eigenvalue weighted by Crippen LogP contribution is 2.25. The van der Waals surface area contributed by atoms with Crippen LogP contribution in [0.4, 0.5) is 4.79 Å². The summed E-state index contributed by atoms with van der Waals surface area (Å²) in [6.45, 7) is 1.58. The third-order valence-electron chi connectivity index (χ3n) is 5.37. The molecule has 7 nitrogen and oxygen atoms in total. The minimum absolute atomic E-state index is 0.0363. The predicted molar refractivity (Wildman–Crippen MR) is 98.8 cm³/mol. The van der Waals surface area contributed by atoms with E-state index < -0.39 is 12.1 Å². The Morgan fingerprint density at radius 1 is 1.19 bits per heavy atom. The SMILES string of the molecule is NC(=O)N1CCC[C@H]1C(=O)N1CCc2oc(CCc3ccccc3)nc2C1. The Morgan fingerprint density at radius 2 is 2.00 bits per heavy atom. The molecule has 142 valence electrons. The number of aromatic nitrogens is 1. The van der Waals surface area contributed by atoms with Gasteiger partial charge in [-0.25, -0.2) is 9.78 Å². The van der Waals surface area contributed by atoms with Crippen molar-refractivity contribution in [3.8, 4) is 0 Å². The van der Waals surface area contributed by atoms with Crippen LogP contribution in [0.1, 0.15) is 35.7 Å². The molecule has 1 aromatic carbocycles. The minimum Gasteiger partial charge on any atom is -0.445 e. The van der Waals surface area contributed by atoms with Crippen molar-refractivity contribution in [2.45, 2.75) is 44.7 Å². The molecule has 1 fully saturated rings. The molecule has 3 amide bonds. The number of primary amides is 1. The zero-order valence-electron chi connectivity index (χ0n) is 15.3. The van der Waals surface area contributed by atoms with Crippen LogP contribution in [0, 0.1) is 0 Å². The van der Waals surface area contributed by atoms with Crippen molar-refractivity contribution in [1.82, 2.24) is 14.8 Å². The molecule has 1 aromatic heterocycles. The lowest BCUT2D eigenvalue weighted by atomic mass is 10.1. The molecule has 0 radical (unpaired) electrons. The molecule has 1 saturated heterocycles. The molecule has 7 heteroatoms. The van der Waals surface area contributed by atoms with Crippen LogP contribution in [0.2, 0.25) is 0 Å². The van der Waals surface area contributed by atoms with Gasteiger partial charge in [-0.1, -0.05) is 30.3 Å². The lowest BCUT2D eigenvalue weighted by Crippen LogP contribution is -2.50. The molecule has 0 aliphatic carbocycles. The number of carbonyl (C=O) groups excluding carboxylic acids is 2. The van der Waals surface area contributed by atoms with E-state index in [9.17, 15) is 9.59 Å². The first kappa shape index (κ1) is 17.6. The maximum Gasteiger partial charge on any atom is 0.315 e. The Bertz CT molecular complexity index is 833. The van der Waals surface area contributed by atoms with Gasteiger partial charge in [-0.2, -0.15) is 0 Å². The van der Waals surface area contributed by atoms with Crippen LogP contribution in [0.5, 0.6) is 0 Å². The predicted octanol–water partition coefficient (Wildman–Crippen LogP) is 1.89. The second-order valence-electron chi connectivity index (χ2n) is 7.16. The van der Waals surface area contributed by atoms with E-state index in [0.29, 0.717) is 32.5 Å². The number of nitrogens with zero attached hydrogens (tertiary/aromatic N) is 3. The molecule has 2 aliphatic heterocycles. The van der Waals surface area contributed by atoms with E-state index in [1.54, 1.807) is 4.90 Å². The van der Waals surface area contributed by atoms with E-state index in [-0.39, 0.29) is 5.91 Å². The van der Waals surface area contributed by atoms with E-state index in [4.69, 9.17) is 10.2 Å². The maximum absolute atomic E-state index is 12.9. The van der Waals surface area contributed by atoms with Gasteiger partial charge in [-0.15, -0.1) is 0 Å². The highest BCUT2D eigenvalue weighted by molar-refractivity contribution is 5.87. The van der Waals surface area contributed by atoms with Crippen LogP contribution in [0.25, 0.3) is 0 Å². The van der Waals surface area contributed by atoms with E-state index >= 15 is 0 Å². The number of oxazole rings is 1. The second-order valence-corrected chi connectivity index (χ2v) is 7.16. The third kappa shape index (κ3) is 3.67. The van der Waals surface area contributed by atoms with Crippen LogP contribution in [-0.2, 0) is 30.6 Å². The molecule has 0 unspecified atom stereocenters. The lowest BCUT2D eigenvalue weighted by Gasteiger charge is -2.31. The highest BCUT2D eigenvalue weighted by atomic mass is 16.4. The number of carbonyl (C=O) groups is 2. The Hall–Kier alpha value is -2.83. The number of rotatable bonds is 4. The number of benzene rings is 1. The van der Waals surface area contributed by atoms with Gasteiger partial charge in [-0.3, -0.25) is 4.79 Å². The van der Waals surface area contributed by atoms with Crippen molar-refractivity contribution in [3.63, 3.8) is 0 Å². The molecular formula is C20H24N4O3. The number of urea groups is 1. The molecule has 4 rings (SSSR count). The first-order chi connectivity index (χ1) is 13.1. The normalized spacial score (nSPS) is 19.2. The van der Waals surface area contributed by atoms with E-state index in [1.165, 1.54) is 10.5 Å². The first-order valence-corrected chi connectivity index (χ1v) is 9.48. The fraction of sp³-hybridized carbons (Fsp3) is 0.450. The van der Waals surface area contributed by atoms with Gasteiger partial charge < -0.3 is 20.0 Å². The molecular weight excluding hydrogens is 344 g/mol. The molecule has 1 atom stereocenters. The van der Waals surface area contributed by atoms with Crippen molar-refractivity contribution in [3.05, 3.63) is 53.2 Å². The van der Waals surface area contributed by atoms with Crippen LogP contribution in [0.3, 0.4) is 0 Å². The van der Waals surface area contributed by atoms with Crippen molar-refractivity contribution < 1.29 is 14.0 Å². The third-order valence-corrected chi connectivity index (χ3v) is 5.37. The summed E-state index contributed by atoms with van der Waals surface area (Å²) < 4.78 is 5.91. The fourth-order valence-corrected chi connectivity index (χ4v) is 3.94. The second kappa shape index (κ2) is 7.42. The topological polar surface area (TPSA) is 92.7 Å². The van der Waals surface area contributed by atoms with Crippen LogP contribution in [-0.4, -0.2) is 45.9 Å². The number of likely N-dealkylation sites (tertiary alicyclic amines) is 1. The molecule has 0 spiro atoms. The molecule has 2 aromatic rings. The Balaban J connectivity index is 1.40. The van der Waals surface area contributed by atoms with Gasteiger partial charge in [0.1, 0.15) is 17.5 Å². The quantitative estimate of drug-likeness (QED) is 0.892. The average Bonchev–Trinajstić information content (AvgIpc) is 3.32. The number of nitrogens with two attached hydrogens (primary N) is 1. The average molecular weight is 368 g/mol. The highest BCUT2D eigenvalue weighted by Gasteiger charge is 2.37. The summed E-state index contributed by atoms with van der Waals surface area (Å²) >= 11 is 0. The molecule has 0 saturated carbocycles. The number of aryl methyl sites for hydroxylation is 2. The largest absolute Gasteiger partial charge is 0.445 e. The smallest absolute Gasteiger partial charge is 0.315 e. The monoisotopic (exact) mass is 368 g/mol. The summed E-state index contributed by atoms with van der Waals surface area (Å²) in [5, 5.41) is 0. The summed E-state index contributed by atoms with van der Waals surface area (Å²) in [6, 6.07) is 9.28. The summed E-state index contributed by atoms with van der Waals surface area (Å²) in [4.78, 5) is 32.3. The standard InChI is InChI=1S/C20H24N4O3/c21-20(26)24-11-4-7-16(24)19(25)23-12-10-17-15(13-23)22-18(27-17)9-8-14-5-2-1-3-6-14/h1-3,5-6,16H,4,7-13H2,(H2,21,26)/t16-/m0/s1. The summed E-state index contributed by atoms with van der Waals surface area (Å²) in [7, 11) is 0. The lowest BCUT2D eigenvalue weighted by molar-refractivity contribution is -0.136. The van der Waals surface area contributed by atoms with Crippen LogP contribution in [0.15, 0.2) is 34.7 Å². The van der Waals surface area contributed by atoms with Gasteiger partial charge in [0, 0.05) is 25.9 Å². The number of fused-ring (bicyclic) bond motifs is 1. The summed E-state index contributed by atoms with van der Waals surface area (Å²) in [5.41, 5.74) is 7.49. The fourth-order valence-electron chi connectivity index (χ4n) is 3.94.